The van der Waals surface area contributed by atoms with E-state index in [4.69, 9.17) is 0 Å². The van der Waals surface area contributed by atoms with Crippen molar-refractivity contribution >= 4 is 24.2 Å². The van der Waals surface area contributed by atoms with Crippen LogP contribution in [0.2, 0.25) is 0 Å². The maximum absolute atomic E-state index is 11.7. The second kappa shape index (κ2) is 3.15. The Balaban J connectivity index is 2.52. The molecule has 2 aliphatic rings. The predicted molar refractivity (Wildman–Crippen MR) is 52.4 cm³/mol. The fourth-order valence-electron chi connectivity index (χ4n) is 3.25. The maximum Gasteiger partial charge on any atom is 0.321 e. The first-order chi connectivity index (χ1) is 7.84. The van der Waals surface area contributed by atoms with Gasteiger partial charge in [-0.1, -0.05) is 0 Å². The summed E-state index contributed by atoms with van der Waals surface area (Å²) in [4.78, 5) is 46.0. The fourth-order valence-corrected chi connectivity index (χ4v) is 3.25. The Morgan fingerprint density at radius 3 is 2.47 bits per heavy atom. The minimum absolute atomic E-state index is 0.521. The van der Waals surface area contributed by atoms with Crippen LogP contribution >= 0.6 is 0 Å². The number of hydrogen-bond donors (Lipinski definition) is 0. The number of rotatable bonds is 2. The molecule has 0 amide bonds. The third-order valence-corrected chi connectivity index (χ3v) is 4.12. The van der Waals surface area contributed by atoms with E-state index < -0.39 is 40.6 Å². The van der Waals surface area contributed by atoms with E-state index in [9.17, 15) is 19.2 Å². The molecule has 1 saturated carbocycles. The quantitative estimate of drug-likeness (QED) is 0.374. The van der Waals surface area contributed by atoms with Crippen molar-refractivity contribution in [1.29, 1.82) is 0 Å². The molecular formula is C11H12O6. The Morgan fingerprint density at radius 2 is 2.00 bits per heavy atom. The highest BCUT2D eigenvalue weighted by Crippen LogP contribution is 2.66. The van der Waals surface area contributed by atoms with Crippen molar-refractivity contribution in [3.05, 3.63) is 0 Å². The van der Waals surface area contributed by atoms with Gasteiger partial charge >= 0.3 is 17.9 Å². The van der Waals surface area contributed by atoms with E-state index in [0.717, 1.165) is 0 Å². The molecule has 0 aromatic heterocycles. The third kappa shape index (κ3) is 1.01. The Labute approximate surface area is 97.3 Å². The van der Waals surface area contributed by atoms with Crippen molar-refractivity contribution in [1.82, 2.24) is 0 Å². The van der Waals surface area contributed by atoms with Crippen LogP contribution < -0.4 is 0 Å². The molecule has 0 spiro atoms. The van der Waals surface area contributed by atoms with Gasteiger partial charge in [0.25, 0.3) is 0 Å². The van der Waals surface area contributed by atoms with E-state index in [-0.39, 0.29) is 0 Å². The lowest BCUT2D eigenvalue weighted by atomic mass is 9.41. The van der Waals surface area contributed by atoms with Crippen LogP contribution in [0.1, 0.15) is 13.8 Å². The topological polar surface area (TPSA) is 86.7 Å². The van der Waals surface area contributed by atoms with Crippen LogP contribution in [0, 0.1) is 22.7 Å². The molecular weight excluding hydrogens is 228 g/mol. The van der Waals surface area contributed by atoms with Crippen molar-refractivity contribution < 1.29 is 28.7 Å². The Kier molecular flexibility index (Phi) is 2.18. The molecule has 2 fully saturated rings. The first kappa shape index (κ1) is 11.8. The van der Waals surface area contributed by atoms with Crippen LogP contribution in [-0.4, -0.2) is 31.3 Å². The van der Waals surface area contributed by atoms with Crippen molar-refractivity contribution in [3.8, 4) is 0 Å². The summed E-state index contributed by atoms with van der Waals surface area (Å²) in [6, 6.07) is 0. The fraction of sp³-hybridized carbons (Fsp3) is 0.636. The lowest BCUT2D eigenvalue weighted by Crippen LogP contribution is -2.67. The van der Waals surface area contributed by atoms with Crippen LogP contribution in [0.5, 0.6) is 0 Å². The van der Waals surface area contributed by atoms with Gasteiger partial charge in [0.05, 0.1) is 23.9 Å². The number of cyclic esters (lactones) is 2. The Morgan fingerprint density at radius 1 is 1.41 bits per heavy atom. The maximum atomic E-state index is 11.7. The molecule has 0 radical (unpaired) electrons. The molecule has 4 atom stereocenters. The van der Waals surface area contributed by atoms with Gasteiger partial charge in [0.2, 0.25) is 0 Å². The normalized spacial score (nSPS) is 43.5. The van der Waals surface area contributed by atoms with Gasteiger partial charge in [-0.05, 0) is 13.8 Å². The number of ether oxygens (including phenoxy) is 2. The van der Waals surface area contributed by atoms with Gasteiger partial charge in [-0.2, -0.15) is 0 Å². The van der Waals surface area contributed by atoms with Crippen molar-refractivity contribution in [3.63, 3.8) is 0 Å². The molecule has 1 saturated heterocycles. The van der Waals surface area contributed by atoms with Crippen LogP contribution in [0.25, 0.3) is 0 Å². The molecule has 0 aromatic carbocycles. The molecule has 1 aliphatic carbocycles. The first-order valence-electron chi connectivity index (χ1n) is 5.15. The van der Waals surface area contributed by atoms with Crippen molar-refractivity contribution in [2.75, 3.05) is 7.11 Å². The lowest BCUT2D eigenvalue weighted by molar-refractivity contribution is -0.200. The number of aldehydes is 1. The highest BCUT2D eigenvalue weighted by atomic mass is 16.6. The lowest BCUT2D eigenvalue weighted by Gasteiger charge is -2.54. The smallest absolute Gasteiger partial charge is 0.321 e. The summed E-state index contributed by atoms with van der Waals surface area (Å²) in [5.74, 6) is -4.02. The van der Waals surface area contributed by atoms with Gasteiger partial charge in [0, 0.05) is 5.92 Å². The zero-order chi connectivity index (χ0) is 13.0. The van der Waals surface area contributed by atoms with Crippen LogP contribution in [-0.2, 0) is 28.7 Å². The predicted octanol–water partition coefficient (Wildman–Crippen LogP) is -0.300. The molecule has 2 rings (SSSR count). The van der Waals surface area contributed by atoms with Crippen LogP contribution in [0.15, 0.2) is 0 Å². The SMILES string of the molecule is COC(=O)C1(C)C(C=O)C2(C)C(=O)OC(=O)C12. The minimum Gasteiger partial charge on any atom is -0.469 e. The first-order valence-corrected chi connectivity index (χ1v) is 5.15. The second-order valence-electron chi connectivity index (χ2n) is 4.81. The van der Waals surface area contributed by atoms with Gasteiger partial charge in [0.1, 0.15) is 6.29 Å². The molecule has 17 heavy (non-hydrogen) atoms. The number of fused-ring (bicyclic) bond motifs is 1. The zero-order valence-electron chi connectivity index (χ0n) is 9.68. The number of hydrogen-bond acceptors (Lipinski definition) is 6. The summed E-state index contributed by atoms with van der Waals surface area (Å²) in [6.45, 7) is 2.92. The van der Waals surface area contributed by atoms with Crippen molar-refractivity contribution in [2.24, 2.45) is 22.7 Å². The summed E-state index contributed by atoms with van der Waals surface area (Å²) >= 11 is 0. The van der Waals surface area contributed by atoms with E-state index in [0.29, 0.717) is 6.29 Å². The molecule has 6 nitrogen and oxygen atoms in total. The highest BCUT2D eigenvalue weighted by molar-refractivity contribution is 6.08. The molecule has 0 N–H and O–H groups in total. The number of carbonyl (C=O) groups excluding carboxylic acids is 4. The number of carbonyl (C=O) groups is 4. The number of esters is 3. The van der Waals surface area contributed by atoms with Crippen LogP contribution in [0.4, 0.5) is 0 Å². The van der Waals surface area contributed by atoms with E-state index in [2.05, 4.69) is 9.47 Å². The van der Waals surface area contributed by atoms with Gasteiger partial charge in [-0.15, -0.1) is 0 Å². The molecule has 0 bridgehead atoms. The van der Waals surface area contributed by atoms with E-state index in [1.165, 1.54) is 21.0 Å². The summed E-state index contributed by atoms with van der Waals surface area (Å²) < 4.78 is 9.14. The average molecular weight is 240 g/mol. The van der Waals surface area contributed by atoms with Gasteiger partial charge in [0.15, 0.2) is 0 Å². The number of methoxy groups -OCH3 is 1. The standard InChI is InChI=1S/C11H12O6/c1-10(8(14)16-3)5(4-12)11(2)6(10)7(13)17-9(11)15/h4-6H,1-3H3. The summed E-state index contributed by atoms with van der Waals surface area (Å²) in [7, 11) is 1.17. The molecule has 1 aliphatic heterocycles. The molecule has 0 aromatic rings. The zero-order valence-corrected chi connectivity index (χ0v) is 9.68. The molecule has 1 heterocycles. The average Bonchev–Trinajstić information content (AvgIpc) is 2.46. The molecule has 6 heteroatoms. The largest absolute Gasteiger partial charge is 0.469 e. The highest BCUT2D eigenvalue weighted by Gasteiger charge is 2.80. The summed E-state index contributed by atoms with van der Waals surface area (Å²) in [5.41, 5.74) is -2.55. The van der Waals surface area contributed by atoms with Crippen LogP contribution in [0.3, 0.4) is 0 Å². The van der Waals surface area contributed by atoms with E-state index >= 15 is 0 Å². The molecule has 92 valence electrons. The van der Waals surface area contributed by atoms with E-state index in [1.807, 2.05) is 0 Å². The van der Waals surface area contributed by atoms with E-state index in [1.54, 1.807) is 0 Å². The third-order valence-electron chi connectivity index (χ3n) is 4.12. The molecule has 4 unspecified atom stereocenters. The monoisotopic (exact) mass is 240 g/mol. The second-order valence-corrected chi connectivity index (χ2v) is 4.81. The Hall–Kier alpha value is -1.72. The van der Waals surface area contributed by atoms with Gasteiger partial charge in [-0.25, -0.2) is 0 Å². The van der Waals surface area contributed by atoms with Crippen molar-refractivity contribution in [2.45, 2.75) is 13.8 Å². The van der Waals surface area contributed by atoms with Gasteiger partial charge < -0.3 is 14.3 Å². The minimum atomic E-state index is -1.31. The summed E-state index contributed by atoms with van der Waals surface area (Å²) in [6.07, 6.45) is 0.521. The Bertz CT molecular complexity index is 441. The van der Waals surface area contributed by atoms with Gasteiger partial charge in [-0.3, -0.25) is 14.4 Å². The summed E-state index contributed by atoms with van der Waals surface area (Å²) in [5, 5.41) is 0.